The van der Waals surface area contributed by atoms with E-state index in [1.54, 1.807) is 0 Å². The van der Waals surface area contributed by atoms with Crippen LogP contribution in [-0.2, 0) is 14.9 Å². The molecule has 0 aromatic carbocycles. The molecule has 0 radical (unpaired) electrons. The van der Waals surface area contributed by atoms with Gasteiger partial charge in [-0.3, -0.25) is 0 Å². The van der Waals surface area contributed by atoms with Crippen LogP contribution in [0, 0.1) is 0 Å². The summed E-state index contributed by atoms with van der Waals surface area (Å²) in [4.78, 5) is 0. The monoisotopic (exact) mass is 274 g/mol. The van der Waals surface area contributed by atoms with Gasteiger partial charge in [0.25, 0.3) is 0 Å². The normalized spacial score (nSPS) is 38.9. The molecule has 1 rings (SSSR count). The van der Waals surface area contributed by atoms with Crippen LogP contribution in [0.2, 0.25) is 0 Å². The van der Waals surface area contributed by atoms with Gasteiger partial charge in [0, 0.05) is 6.61 Å². The summed E-state index contributed by atoms with van der Waals surface area (Å²) in [7, 11) is 6.23. The molecular weight excluding hydrogens is 257 g/mol. The van der Waals surface area contributed by atoms with Gasteiger partial charge in [0.1, 0.15) is 12.6 Å². The number of alkyl halides is 1. The smallest absolute Gasteiger partial charge is 0.308 e. The van der Waals surface area contributed by atoms with Crippen molar-refractivity contribution < 1.29 is 12.8 Å². The Balaban J connectivity index is 2.76. The molecule has 4 unspecified atom stereocenters. The lowest BCUT2D eigenvalue weighted by molar-refractivity contribution is -0.813. The van der Waals surface area contributed by atoms with Crippen molar-refractivity contribution in [3.05, 3.63) is 0 Å². The third-order valence-corrected chi connectivity index (χ3v) is 5.59. The highest BCUT2D eigenvalue weighted by Gasteiger charge is 2.45. The molecule has 90 valence electrons. The lowest BCUT2D eigenvalue weighted by atomic mass is 10.0. The van der Waals surface area contributed by atoms with Crippen LogP contribution in [0.5, 0.6) is 0 Å². The summed E-state index contributed by atoms with van der Waals surface area (Å²) < 4.78 is 17.3. The zero-order chi connectivity index (χ0) is 11.5. The van der Waals surface area contributed by atoms with E-state index in [2.05, 4.69) is 0 Å². The third-order valence-electron chi connectivity index (χ3n) is 3.02. The van der Waals surface area contributed by atoms with Crippen LogP contribution in [0.3, 0.4) is 0 Å². The first-order valence-corrected chi connectivity index (χ1v) is 7.55. The summed E-state index contributed by atoms with van der Waals surface area (Å²) in [5.41, 5.74) is 0. The summed E-state index contributed by atoms with van der Waals surface area (Å²) in [6.45, 7) is 3.92. The standard InChI is InChI=1S/C9H18Cl2NO2S/c1-3-14-7-9-8(10)5-4-6-12(9,2)15(11)13/h8-9H,3-7H2,1-2H3/q+1. The summed E-state index contributed by atoms with van der Waals surface area (Å²) >= 11 is 6.26. The van der Waals surface area contributed by atoms with Crippen molar-refractivity contribution in [3.63, 3.8) is 0 Å². The maximum absolute atomic E-state index is 11.6. The fourth-order valence-electron chi connectivity index (χ4n) is 1.98. The van der Waals surface area contributed by atoms with E-state index in [1.165, 1.54) is 0 Å². The Bertz CT molecular complexity index is 242. The lowest BCUT2D eigenvalue weighted by Gasteiger charge is -2.42. The predicted octanol–water partition coefficient (Wildman–Crippen LogP) is 2.06. The van der Waals surface area contributed by atoms with Gasteiger partial charge in [-0.1, -0.05) is 0 Å². The number of piperidine rings is 1. The highest BCUT2D eigenvalue weighted by atomic mass is 35.7. The quantitative estimate of drug-likeness (QED) is 0.446. The summed E-state index contributed by atoms with van der Waals surface area (Å²) in [6.07, 6.45) is 1.91. The fraction of sp³-hybridized carbons (Fsp3) is 1.00. The molecule has 3 nitrogen and oxygen atoms in total. The highest BCUT2D eigenvalue weighted by Crippen LogP contribution is 2.31. The van der Waals surface area contributed by atoms with E-state index in [4.69, 9.17) is 27.0 Å². The molecule has 0 aromatic rings. The van der Waals surface area contributed by atoms with E-state index in [1.807, 2.05) is 14.0 Å². The third kappa shape index (κ3) is 3.07. The van der Waals surface area contributed by atoms with Crippen molar-refractivity contribution in [2.75, 3.05) is 26.8 Å². The molecule has 1 aliphatic heterocycles. The van der Waals surface area contributed by atoms with Gasteiger partial charge in [-0.05, 0) is 19.8 Å². The van der Waals surface area contributed by atoms with Gasteiger partial charge in [0.15, 0.2) is 0 Å². The van der Waals surface area contributed by atoms with E-state index in [0.717, 1.165) is 19.4 Å². The molecule has 15 heavy (non-hydrogen) atoms. The van der Waals surface area contributed by atoms with Crippen LogP contribution in [0.1, 0.15) is 19.8 Å². The van der Waals surface area contributed by atoms with E-state index >= 15 is 0 Å². The fourth-order valence-corrected chi connectivity index (χ4v) is 3.73. The van der Waals surface area contributed by atoms with E-state index in [-0.39, 0.29) is 11.4 Å². The molecule has 1 aliphatic rings. The van der Waals surface area contributed by atoms with Crippen molar-refractivity contribution in [3.8, 4) is 0 Å². The van der Waals surface area contributed by atoms with Gasteiger partial charge in [0.2, 0.25) is 0 Å². The van der Waals surface area contributed by atoms with E-state index < -0.39 is 10.2 Å². The van der Waals surface area contributed by atoms with Crippen molar-refractivity contribution in [2.45, 2.75) is 31.2 Å². The molecule has 0 saturated carbocycles. The molecule has 0 aliphatic carbocycles. The van der Waals surface area contributed by atoms with Gasteiger partial charge in [0.05, 0.1) is 29.7 Å². The Morgan fingerprint density at radius 3 is 2.80 bits per heavy atom. The molecule has 0 amide bonds. The first-order valence-electron chi connectivity index (χ1n) is 5.18. The zero-order valence-electron chi connectivity index (χ0n) is 9.12. The number of ether oxygens (including phenoxy) is 1. The Labute approximate surface area is 103 Å². The van der Waals surface area contributed by atoms with Crippen LogP contribution in [0.25, 0.3) is 0 Å². The minimum atomic E-state index is -1.43. The molecule has 4 atom stereocenters. The van der Waals surface area contributed by atoms with Crippen LogP contribution in [-0.4, -0.2) is 46.3 Å². The summed E-state index contributed by atoms with van der Waals surface area (Å²) in [5, 5.41) is -0.00185. The summed E-state index contributed by atoms with van der Waals surface area (Å²) in [6, 6.07) is 0.0266. The van der Waals surface area contributed by atoms with Crippen LogP contribution in [0.4, 0.5) is 0 Å². The minimum absolute atomic E-state index is 0.00185. The molecule has 1 fully saturated rings. The molecule has 0 spiro atoms. The van der Waals surface area contributed by atoms with Crippen LogP contribution >= 0.6 is 22.3 Å². The number of likely N-dealkylation sites (N-methyl/N-ethyl adjacent to an activating group) is 1. The van der Waals surface area contributed by atoms with Gasteiger partial charge in [-0.15, -0.1) is 11.6 Å². The van der Waals surface area contributed by atoms with Crippen molar-refractivity contribution in [1.29, 1.82) is 0 Å². The largest absolute Gasteiger partial charge is 0.375 e. The molecular formula is C9H18Cl2NO2S+. The number of rotatable bonds is 4. The number of likely N-dealkylation sites (tertiary alicyclic amines) is 1. The summed E-state index contributed by atoms with van der Waals surface area (Å²) in [5.74, 6) is 0. The number of hydrogen-bond donors (Lipinski definition) is 0. The molecule has 0 aromatic heterocycles. The topological polar surface area (TPSA) is 26.3 Å². The SMILES string of the molecule is CCOCC1C(Cl)CCC[N+]1(C)S(=O)Cl. The highest BCUT2D eigenvalue weighted by molar-refractivity contribution is 8.03. The van der Waals surface area contributed by atoms with E-state index in [9.17, 15) is 4.21 Å². The van der Waals surface area contributed by atoms with Crippen molar-refractivity contribution in [1.82, 2.24) is 0 Å². The van der Waals surface area contributed by atoms with Gasteiger partial charge in [-0.25, -0.2) is 3.89 Å². The Kier molecular flexibility index (Phi) is 5.32. The molecule has 6 heteroatoms. The first-order chi connectivity index (χ1) is 7.02. The second-order valence-electron chi connectivity index (χ2n) is 3.99. The zero-order valence-corrected chi connectivity index (χ0v) is 11.4. The molecule has 0 bridgehead atoms. The predicted molar refractivity (Wildman–Crippen MR) is 64.2 cm³/mol. The average Bonchev–Trinajstić information content (AvgIpc) is 2.17. The van der Waals surface area contributed by atoms with Gasteiger partial charge >= 0.3 is 10.2 Å². The molecule has 1 saturated heterocycles. The second-order valence-corrected chi connectivity index (χ2v) is 6.59. The Hall–Kier alpha value is 0.650. The average molecular weight is 275 g/mol. The maximum atomic E-state index is 11.6. The number of hydrogen-bond acceptors (Lipinski definition) is 2. The lowest BCUT2D eigenvalue weighted by Crippen LogP contribution is -2.60. The van der Waals surface area contributed by atoms with Crippen molar-refractivity contribution in [2.24, 2.45) is 0 Å². The number of nitrogens with zero attached hydrogens (tertiary/aromatic N) is 1. The number of quaternary nitrogens is 1. The first kappa shape index (κ1) is 13.7. The van der Waals surface area contributed by atoms with E-state index in [0.29, 0.717) is 17.1 Å². The van der Waals surface area contributed by atoms with Gasteiger partial charge in [-0.2, -0.15) is 4.21 Å². The minimum Gasteiger partial charge on any atom is -0.375 e. The Morgan fingerprint density at radius 1 is 1.60 bits per heavy atom. The maximum Gasteiger partial charge on any atom is 0.308 e. The number of halogens is 2. The van der Waals surface area contributed by atoms with Gasteiger partial charge < -0.3 is 4.74 Å². The Morgan fingerprint density at radius 2 is 2.27 bits per heavy atom. The van der Waals surface area contributed by atoms with Crippen molar-refractivity contribution >= 4 is 32.5 Å². The second kappa shape index (κ2) is 5.82. The molecule has 0 N–H and O–H groups in total. The molecule has 1 heterocycles. The van der Waals surface area contributed by atoms with Crippen LogP contribution < -0.4 is 0 Å². The van der Waals surface area contributed by atoms with Crippen LogP contribution in [0.15, 0.2) is 0 Å².